The maximum atomic E-state index is 12.7. The molecule has 0 amide bonds. The van der Waals surface area contributed by atoms with Crippen LogP contribution < -0.4 is 4.72 Å². The predicted octanol–water partition coefficient (Wildman–Crippen LogP) is 0.140. The Morgan fingerprint density at radius 2 is 2.24 bits per heavy atom. The summed E-state index contributed by atoms with van der Waals surface area (Å²) in [7, 11) is -3.88. The molecule has 0 aliphatic rings. The molecule has 0 fully saturated rings. The van der Waals surface area contributed by atoms with Crippen molar-refractivity contribution >= 4 is 16.0 Å². The van der Waals surface area contributed by atoms with Crippen LogP contribution in [-0.2, 0) is 14.8 Å². The van der Waals surface area contributed by atoms with E-state index in [4.69, 9.17) is 5.11 Å². The van der Waals surface area contributed by atoms with Crippen molar-refractivity contribution in [3.8, 4) is 0 Å². The Balaban J connectivity index is 2.73. The van der Waals surface area contributed by atoms with E-state index in [-0.39, 0.29) is 11.4 Å². The number of rotatable bonds is 5. The minimum absolute atomic E-state index is 0.203. The highest BCUT2D eigenvalue weighted by atomic mass is 32.2. The number of hydrogen-bond acceptors (Lipinski definition) is 4. The molecule has 0 spiro atoms. The summed E-state index contributed by atoms with van der Waals surface area (Å²) in [6.07, 6.45) is 3.79. The molecule has 0 unspecified atom stereocenters. The smallest absolute Gasteiger partial charge is 0.328 e. The van der Waals surface area contributed by atoms with E-state index < -0.39 is 21.8 Å². The first-order valence-corrected chi connectivity index (χ1v) is 5.90. The molecule has 0 atom stereocenters. The number of carboxylic acid groups (broad SMARTS) is 1. The second-order valence-electron chi connectivity index (χ2n) is 2.93. The summed E-state index contributed by atoms with van der Waals surface area (Å²) in [5.74, 6) is -1.95. The number of aromatic nitrogens is 1. The Bertz CT molecular complexity index is 542. The number of carbonyl (C=O) groups is 1. The molecule has 92 valence electrons. The number of nitrogens with one attached hydrogen (secondary N) is 1. The zero-order valence-corrected chi connectivity index (χ0v) is 9.32. The largest absolute Gasteiger partial charge is 0.478 e. The van der Waals surface area contributed by atoms with Crippen molar-refractivity contribution in [2.75, 3.05) is 6.54 Å². The van der Waals surface area contributed by atoms with Crippen LogP contribution >= 0.6 is 0 Å². The Morgan fingerprint density at radius 1 is 1.53 bits per heavy atom. The maximum Gasteiger partial charge on any atom is 0.328 e. The summed E-state index contributed by atoms with van der Waals surface area (Å²) in [6.45, 7) is -0.203. The van der Waals surface area contributed by atoms with Crippen LogP contribution in [0.5, 0.6) is 0 Å². The highest BCUT2D eigenvalue weighted by Gasteiger charge is 2.13. The van der Waals surface area contributed by atoms with Crippen molar-refractivity contribution in [1.82, 2.24) is 9.71 Å². The number of pyridine rings is 1. The molecular weight excluding hydrogens is 251 g/mol. The van der Waals surface area contributed by atoms with Gasteiger partial charge in [0, 0.05) is 18.8 Å². The molecular formula is C9H9FN2O4S. The van der Waals surface area contributed by atoms with E-state index in [0.717, 1.165) is 30.6 Å². The monoisotopic (exact) mass is 260 g/mol. The van der Waals surface area contributed by atoms with E-state index in [1.807, 2.05) is 0 Å². The van der Waals surface area contributed by atoms with Gasteiger partial charge in [-0.05, 0) is 6.07 Å². The fourth-order valence-electron chi connectivity index (χ4n) is 0.940. The van der Waals surface area contributed by atoms with Crippen LogP contribution in [0.2, 0.25) is 0 Å². The lowest BCUT2D eigenvalue weighted by molar-refractivity contribution is -0.131. The Hall–Kier alpha value is -1.80. The molecule has 0 radical (unpaired) electrons. The van der Waals surface area contributed by atoms with Gasteiger partial charge in [0.15, 0.2) is 0 Å². The Morgan fingerprint density at radius 3 is 2.82 bits per heavy atom. The van der Waals surface area contributed by atoms with Gasteiger partial charge in [0.05, 0.1) is 6.20 Å². The van der Waals surface area contributed by atoms with Crippen LogP contribution in [0.1, 0.15) is 0 Å². The Labute approximate surface area is 96.9 Å². The van der Waals surface area contributed by atoms with E-state index in [9.17, 15) is 17.6 Å². The van der Waals surface area contributed by atoms with Crippen LogP contribution in [0.4, 0.5) is 4.39 Å². The lowest BCUT2D eigenvalue weighted by Gasteiger charge is -2.03. The van der Waals surface area contributed by atoms with Gasteiger partial charge in [0.2, 0.25) is 10.0 Å². The van der Waals surface area contributed by atoms with Gasteiger partial charge < -0.3 is 5.11 Å². The molecule has 0 bridgehead atoms. The van der Waals surface area contributed by atoms with Gasteiger partial charge in [-0.3, -0.25) is 4.98 Å². The zero-order chi connectivity index (χ0) is 12.9. The SMILES string of the molecule is O=C(O)/C=C/CNS(=O)(=O)c1cncc(F)c1. The van der Waals surface area contributed by atoms with Crippen LogP contribution in [0.3, 0.4) is 0 Å². The molecule has 1 aromatic rings. The van der Waals surface area contributed by atoms with Gasteiger partial charge in [-0.2, -0.15) is 0 Å². The maximum absolute atomic E-state index is 12.7. The summed E-state index contributed by atoms with van der Waals surface area (Å²) < 4.78 is 37.9. The average Bonchev–Trinajstić information content (AvgIpc) is 2.24. The second kappa shape index (κ2) is 5.51. The molecule has 0 aromatic carbocycles. The van der Waals surface area contributed by atoms with Gasteiger partial charge in [0.1, 0.15) is 10.7 Å². The topological polar surface area (TPSA) is 96.4 Å². The molecule has 1 aromatic heterocycles. The van der Waals surface area contributed by atoms with E-state index in [2.05, 4.69) is 9.71 Å². The first-order valence-electron chi connectivity index (χ1n) is 4.41. The van der Waals surface area contributed by atoms with Crippen LogP contribution in [0.15, 0.2) is 35.5 Å². The minimum atomic E-state index is -3.88. The quantitative estimate of drug-likeness (QED) is 0.734. The van der Waals surface area contributed by atoms with Gasteiger partial charge >= 0.3 is 5.97 Å². The molecule has 1 heterocycles. The van der Waals surface area contributed by atoms with E-state index in [0.29, 0.717) is 0 Å². The van der Waals surface area contributed by atoms with Crippen molar-refractivity contribution in [2.24, 2.45) is 0 Å². The van der Waals surface area contributed by atoms with Gasteiger partial charge in [-0.1, -0.05) is 6.08 Å². The summed E-state index contributed by atoms with van der Waals surface area (Å²) in [6, 6.07) is 0.816. The van der Waals surface area contributed by atoms with Crippen molar-refractivity contribution in [3.05, 3.63) is 36.4 Å². The van der Waals surface area contributed by atoms with Crippen LogP contribution in [0, 0.1) is 5.82 Å². The van der Waals surface area contributed by atoms with E-state index in [1.165, 1.54) is 0 Å². The molecule has 0 aliphatic heterocycles. The van der Waals surface area contributed by atoms with Crippen LogP contribution in [-0.4, -0.2) is 31.0 Å². The molecule has 6 nitrogen and oxygen atoms in total. The standard InChI is InChI=1S/C9H9FN2O4S/c10-7-4-8(6-11-5-7)17(15,16)12-3-1-2-9(13)14/h1-2,4-6,12H,3H2,(H,13,14)/b2-1+. The third kappa shape index (κ3) is 4.29. The van der Waals surface area contributed by atoms with Crippen molar-refractivity contribution in [2.45, 2.75) is 4.90 Å². The lowest BCUT2D eigenvalue weighted by Crippen LogP contribution is -2.24. The normalized spacial score (nSPS) is 11.8. The first-order chi connectivity index (χ1) is 7.92. The van der Waals surface area contributed by atoms with Crippen LogP contribution in [0.25, 0.3) is 0 Å². The molecule has 0 saturated heterocycles. The average molecular weight is 260 g/mol. The molecule has 0 aliphatic carbocycles. The van der Waals surface area contributed by atoms with Crippen molar-refractivity contribution in [1.29, 1.82) is 0 Å². The van der Waals surface area contributed by atoms with Crippen molar-refractivity contribution < 1.29 is 22.7 Å². The molecule has 17 heavy (non-hydrogen) atoms. The number of halogens is 1. The predicted molar refractivity (Wildman–Crippen MR) is 56.2 cm³/mol. The van der Waals surface area contributed by atoms with Gasteiger partial charge in [0.25, 0.3) is 0 Å². The zero-order valence-electron chi connectivity index (χ0n) is 8.50. The second-order valence-corrected chi connectivity index (χ2v) is 4.70. The first kappa shape index (κ1) is 13.3. The fraction of sp³-hybridized carbons (Fsp3) is 0.111. The summed E-state index contributed by atoms with van der Waals surface area (Å²) in [5.41, 5.74) is 0. The number of aliphatic carboxylic acids is 1. The van der Waals surface area contributed by atoms with Crippen molar-refractivity contribution in [3.63, 3.8) is 0 Å². The molecule has 1 rings (SSSR count). The minimum Gasteiger partial charge on any atom is -0.478 e. The summed E-state index contributed by atoms with van der Waals surface area (Å²) in [4.78, 5) is 13.2. The summed E-state index contributed by atoms with van der Waals surface area (Å²) in [5, 5.41) is 8.27. The Kier molecular flexibility index (Phi) is 4.30. The van der Waals surface area contributed by atoms with Gasteiger partial charge in [-0.15, -0.1) is 0 Å². The number of carboxylic acids is 1. The van der Waals surface area contributed by atoms with E-state index in [1.54, 1.807) is 0 Å². The lowest BCUT2D eigenvalue weighted by atomic mass is 10.5. The third-order valence-corrected chi connectivity index (χ3v) is 3.03. The molecule has 8 heteroatoms. The fourth-order valence-corrected chi connectivity index (χ4v) is 1.89. The highest BCUT2D eigenvalue weighted by Crippen LogP contribution is 2.07. The van der Waals surface area contributed by atoms with Gasteiger partial charge in [-0.25, -0.2) is 22.3 Å². The van der Waals surface area contributed by atoms with E-state index >= 15 is 0 Å². The number of sulfonamides is 1. The number of hydrogen-bond donors (Lipinski definition) is 2. The highest BCUT2D eigenvalue weighted by molar-refractivity contribution is 7.89. The number of nitrogens with zero attached hydrogens (tertiary/aromatic N) is 1. The summed E-state index contributed by atoms with van der Waals surface area (Å²) >= 11 is 0. The third-order valence-electron chi connectivity index (χ3n) is 1.64. The molecule has 2 N–H and O–H groups in total. The molecule has 0 saturated carbocycles.